The van der Waals surface area contributed by atoms with Gasteiger partial charge in [-0.1, -0.05) is 0 Å². The molecule has 8 heteroatoms. The van der Waals surface area contributed by atoms with Crippen molar-refractivity contribution in [2.24, 2.45) is 0 Å². The summed E-state index contributed by atoms with van der Waals surface area (Å²) < 4.78 is 25.0. The molecule has 6 nitrogen and oxygen atoms in total. The number of hydrogen-bond donors (Lipinski definition) is 1. The van der Waals surface area contributed by atoms with E-state index < -0.39 is 10.0 Å². The average molecular weight is 298 g/mol. The van der Waals surface area contributed by atoms with Crippen LogP contribution in [0.15, 0.2) is 0 Å². The largest absolute Gasteiger partial charge is 0.355 e. The lowest BCUT2D eigenvalue weighted by Crippen LogP contribution is -2.51. The van der Waals surface area contributed by atoms with Crippen LogP contribution in [0, 0.1) is 0 Å². The van der Waals surface area contributed by atoms with Gasteiger partial charge in [-0.05, 0) is 6.92 Å². The highest BCUT2D eigenvalue weighted by molar-refractivity contribution is 7.89. The number of nitrogens with zero attached hydrogens (tertiary/aromatic N) is 2. The molecule has 0 unspecified atom stereocenters. The Morgan fingerprint density at radius 1 is 1.28 bits per heavy atom. The van der Waals surface area contributed by atoms with Gasteiger partial charge >= 0.3 is 0 Å². The predicted octanol–water partition coefficient (Wildman–Crippen LogP) is -0.691. The van der Waals surface area contributed by atoms with E-state index in [9.17, 15) is 13.2 Å². The van der Waals surface area contributed by atoms with E-state index in [0.29, 0.717) is 39.3 Å². The second kappa shape index (κ2) is 7.28. The highest BCUT2D eigenvalue weighted by atomic mass is 35.5. The lowest BCUT2D eigenvalue weighted by Gasteiger charge is -2.33. The summed E-state index contributed by atoms with van der Waals surface area (Å²) in [6, 6.07) is 0. The zero-order chi connectivity index (χ0) is 13.6. The number of rotatable bonds is 6. The van der Waals surface area contributed by atoms with Crippen molar-refractivity contribution < 1.29 is 13.2 Å². The molecular weight excluding hydrogens is 278 g/mol. The summed E-state index contributed by atoms with van der Waals surface area (Å²) in [5.41, 5.74) is 0. The van der Waals surface area contributed by atoms with Crippen molar-refractivity contribution in [3.63, 3.8) is 0 Å². The summed E-state index contributed by atoms with van der Waals surface area (Å²) in [6.07, 6.45) is 0. The topological polar surface area (TPSA) is 69.7 Å². The minimum atomic E-state index is -3.22. The lowest BCUT2D eigenvalue weighted by atomic mass is 10.3. The molecule has 0 bridgehead atoms. The molecule has 1 aliphatic rings. The van der Waals surface area contributed by atoms with Crippen molar-refractivity contribution in [2.45, 2.75) is 6.92 Å². The molecule has 18 heavy (non-hydrogen) atoms. The predicted molar refractivity (Wildman–Crippen MR) is 71.2 cm³/mol. The molecule has 1 rings (SSSR count). The van der Waals surface area contributed by atoms with E-state index in [4.69, 9.17) is 11.6 Å². The molecule has 0 aromatic heterocycles. The fourth-order valence-corrected chi connectivity index (χ4v) is 3.61. The van der Waals surface area contributed by atoms with Crippen molar-refractivity contribution in [3.8, 4) is 0 Å². The number of likely N-dealkylation sites (N-methyl/N-ethyl adjacent to an activating group) is 1. The first kappa shape index (κ1) is 15.7. The Bertz CT molecular complexity index is 367. The first-order valence-electron chi connectivity index (χ1n) is 6.02. The Balaban J connectivity index is 2.39. The second-order valence-electron chi connectivity index (χ2n) is 4.13. The minimum absolute atomic E-state index is 0.0189. The lowest BCUT2D eigenvalue weighted by molar-refractivity contribution is -0.122. The van der Waals surface area contributed by atoms with Crippen LogP contribution in [-0.4, -0.2) is 74.4 Å². The molecule has 1 amide bonds. The van der Waals surface area contributed by atoms with Crippen molar-refractivity contribution in [3.05, 3.63) is 0 Å². The van der Waals surface area contributed by atoms with Gasteiger partial charge in [0.05, 0.1) is 12.3 Å². The molecule has 0 aliphatic carbocycles. The van der Waals surface area contributed by atoms with E-state index in [0.717, 1.165) is 0 Å². The Kier molecular flexibility index (Phi) is 6.34. The monoisotopic (exact) mass is 297 g/mol. The van der Waals surface area contributed by atoms with Crippen LogP contribution in [0.25, 0.3) is 0 Å². The van der Waals surface area contributed by atoms with E-state index in [1.165, 1.54) is 4.31 Å². The number of sulfonamides is 1. The van der Waals surface area contributed by atoms with Gasteiger partial charge in [-0.15, -0.1) is 11.6 Å². The zero-order valence-corrected chi connectivity index (χ0v) is 12.1. The van der Waals surface area contributed by atoms with E-state index in [1.807, 2.05) is 11.8 Å². The normalized spacial score (nSPS) is 18.8. The quantitative estimate of drug-likeness (QED) is 0.659. The number of carbonyl (C=O) groups is 1. The Labute approximate surface area is 113 Å². The molecule has 0 radical (unpaired) electrons. The van der Waals surface area contributed by atoms with Crippen LogP contribution in [0.2, 0.25) is 0 Å². The number of hydrogen-bond acceptors (Lipinski definition) is 4. The summed E-state index contributed by atoms with van der Waals surface area (Å²) in [6.45, 7) is 4.84. The molecule has 1 N–H and O–H groups in total. The summed E-state index contributed by atoms with van der Waals surface area (Å²) >= 11 is 5.47. The highest BCUT2D eigenvalue weighted by Gasteiger charge is 2.26. The molecule has 0 saturated carbocycles. The van der Waals surface area contributed by atoms with Gasteiger partial charge in [0, 0.05) is 38.6 Å². The van der Waals surface area contributed by atoms with Crippen molar-refractivity contribution in [1.82, 2.24) is 14.5 Å². The average Bonchev–Trinajstić information content (AvgIpc) is 2.30. The van der Waals surface area contributed by atoms with Crippen molar-refractivity contribution in [2.75, 3.05) is 50.9 Å². The molecule has 0 aromatic rings. The van der Waals surface area contributed by atoms with Crippen molar-refractivity contribution in [1.29, 1.82) is 0 Å². The Morgan fingerprint density at radius 3 is 2.39 bits per heavy atom. The summed E-state index contributed by atoms with van der Waals surface area (Å²) in [5.74, 6) is 0.0707. The SMILES string of the molecule is CCNC(=O)CN1CCN(S(=O)(=O)CCCl)CC1. The first-order chi connectivity index (χ1) is 8.49. The van der Waals surface area contributed by atoms with Gasteiger partial charge in [0.2, 0.25) is 15.9 Å². The fraction of sp³-hybridized carbons (Fsp3) is 0.900. The Hall–Kier alpha value is -0.370. The van der Waals surface area contributed by atoms with E-state index in [-0.39, 0.29) is 17.5 Å². The summed E-state index contributed by atoms with van der Waals surface area (Å²) in [5, 5.41) is 2.72. The maximum atomic E-state index is 11.8. The van der Waals surface area contributed by atoms with Crippen molar-refractivity contribution >= 4 is 27.5 Å². The van der Waals surface area contributed by atoms with Crippen LogP contribution in [-0.2, 0) is 14.8 Å². The summed E-state index contributed by atoms with van der Waals surface area (Å²) in [7, 11) is -3.22. The van der Waals surface area contributed by atoms with E-state index in [1.54, 1.807) is 0 Å². The van der Waals surface area contributed by atoms with E-state index in [2.05, 4.69) is 5.32 Å². The van der Waals surface area contributed by atoms with Crippen LogP contribution in [0.3, 0.4) is 0 Å². The third kappa shape index (κ3) is 4.72. The molecular formula is C10H20ClN3O3S. The maximum absolute atomic E-state index is 11.8. The van der Waals surface area contributed by atoms with Gasteiger partial charge in [0.1, 0.15) is 0 Å². The highest BCUT2D eigenvalue weighted by Crippen LogP contribution is 2.08. The number of carbonyl (C=O) groups excluding carboxylic acids is 1. The van der Waals surface area contributed by atoms with Crippen LogP contribution in [0.1, 0.15) is 6.92 Å². The molecule has 1 aliphatic heterocycles. The van der Waals surface area contributed by atoms with Gasteiger partial charge in [-0.2, -0.15) is 4.31 Å². The third-order valence-electron chi connectivity index (χ3n) is 2.80. The molecule has 0 spiro atoms. The third-order valence-corrected chi connectivity index (χ3v) is 5.09. The number of piperazine rings is 1. The number of alkyl halides is 1. The maximum Gasteiger partial charge on any atom is 0.234 e. The van der Waals surface area contributed by atoms with Crippen LogP contribution in [0.4, 0.5) is 0 Å². The standard InChI is InChI=1S/C10H20ClN3O3S/c1-2-12-10(15)9-13-4-6-14(7-5-13)18(16,17)8-3-11/h2-9H2,1H3,(H,12,15). The van der Waals surface area contributed by atoms with Crippen LogP contribution < -0.4 is 5.32 Å². The molecule has 1 saturated heterocycles. The van der Waals surface area contributed by atoms with E-state index >= 15 is 0 Å². The fourth-order valence-electron chi connectivity index (χ4n) is 1.85. The summed E-state index contributed by atoms with van der Waals surface area (Å²) in [4.78, 5) is 13.3. The molecule has 106 valence electrons. The smallest absolute Gasteiger partial charge is 0.234 e. The van der Waals surface area contributed by atoms with Crippen LogP contribution >= 0.6 is 11.6 Å². The van der Waals surface area contributed by atoms with Crippen LogP contribution in [0.5, 0.6) is 0 Å². The number of halogens is 1. The molecule has 0 aromatic carbocycles. The zero-order valence-electron chi connectivity index (χ0n) is 10.6. The van der Waals surface area contributed by atoms with Gasteiger partial charge < -0.3 is 5.32 Å². The van der Waals surface area contributed by atoms with Gasteiger partial charge in [-0.3, -0.25) is 9.69 Å². The Morgan fingerprint density at radius 2 is 1.89 bits per heavy atom. The second-order valence-corrected chi connectivity index (χ2v) is 6.60. The minimum Gasteiger partial charge on any atom is -0.355 e. The van der Waals surface area contributed by atoms with Gasteiger partial charge in [0.25, 0.3) is 0 Å². The molecule has 1 fully saturated rings. The van der Waals surface area contributed by atoms with Gasteiger partial charge in [-0.25, -0.2) is 8.42 Å². The number of nitrogens with one attached hydrogen (secondary N) is 1. The molecule has 0 atom stereocenters. The number of amides is 1. The molecule has 1 heterocycles. The van der Waals surface area contributed by atoms with Gasteiger partial charge in [0.15, 0.2) is 0 Å². The first-order valence-corrected chi connectivity index (χ1v) is 8.17.